The Morgan fingerprint density at radius 3 is 2.32 bits per heavy atom. The van der Waals surface area contributed by atoms with Gasteiger partial charge < -0.3 is 24.7 Å². The van der Waals surface area contributed by atoms with Crippen LogP contribution in [0.1, 0.15) is 46.5 Å². The van der Waals surface area contributed by atoms with Crippen molar-refractivity contribution in [2.75, 3.05) is 6.61 Å². The van der Waals surface area contributed by atoms with Crippen molar-refractivity contribution >= 4 is 17.8 Å². The van der Waals surface area contributed by atoms with E-state index in [1.54, 1.807) is 0 Å². The molecular formula is C24H19F5N2O7. The van der Waals surface area contributed by atoms with Gasteiger partial charge in [0.1, 0.15) is 29.4 Å². The van der Waals surface area contributed by atoms with E-state index >= 15 is 0 Å². The van der Waals surface area contributed by atoms with Crippen LogP contribution in [0.3, 0.4) is 0 Å². The number of ether oxygens (including phenoxy) is 2. The zero-order chi connectivity index (χ0) is 28.2. The summed E-state index contributed by atoms with van der Waals surface area (Å²) >= 11 is 0. The van der Waals surface area contributed by atoms with Crippen LogP contribution in [-0.4, -0.2) is 34.5 Å². The number of aromatic nitrogens is 1. The maximum atomic E-state index is 14.8. The standard InChI is InChI=1S/C24H19F5N2O7/c1-11-21(12-2-4-13(5-3-12)24(27,28)29)31-23(37-11)16(10-36-18(34)9-8-17(32)33)38-15-7-6-14(25)19(20(15)26)22(30)35/h2-7,16H,8-10H2,1H3,(H2,30,35)(H,32,33)/t16-/m1/s1. The Morgan fingerprint density at radius 2 is 1.74 bits per heavy atom. The highest BCUT2D eigenvalue weighted by Gasteiger charge is 2.31. The molecule has 202 valence electrons. The number of halogens is 5. The zero-order valence-corrected chi connectivity index (χ0v) is 19.5. The van der Waals surface area contributed by atoms with Crippen LogP contribution in [0.25, 0.3) is 11.3 Å². The summed E-state index contributed by atoms with van der Waals surface area (Å²) in [6.45, 7) is 0.747. The number of carboxylic acid groups (broad SMARTS) is 1. The molecule has 0 saturated heterocycles. The van der Waals surface area contributed by atoms with Gasteiger partial charge in [0.25, 0.3) is 5.91 Å². The topological polar surface area (TPSA) is 142 Å². The number of aliphatic carboxylic acids is 1. The second-order valence-corrected chi connectivity index (χ2v) is 7.81. The van der Waals surface area contributed by atoms with Crippen LogP contribution >= 0.6 is 0 Å². The molecule has 0 saturated carbocycles. The largest absolute Gasteiger partial charge is 0.481 e. The number of oxazole rings is 1. The van der Waals surface area contributed by atoms with Crippen molar-refractivity contribution in [1.29, 1.82) is 0 Å². The molecule has 2 aromatic carbocycles. The number of benzene rings is 2. The lowest BCUT2D eigenvalue weighted by Crippen LogP contribution is -2.21. The third-order valence-electron chi connectivity index (χ3n) is 5.08. The van der Waals surface area contributed by atoms with Gasteiger partial charge in [-0.1, -0.05) is 12.1 Å². The van der Waals surface area contributed by atoms with Crippen LogP contribution in [0.15, 0.2) is 40.8 Å². The quantitative estimate of drug-likeness (QED) is 0.280. The highest BCUT2D eigenvalue weighted by Crippen LogP contribution is 2.34. The fourth-order valence-corrected chi connectivity index (χ4v) is 3.25. The fraction of sp³-hybridized carbons (Fsp3) is 0.250. The molecule has 0 aliphatic rings. The van der Waals surface area contributed by atoms with Crippen LogP contribution in [-0.2, 0) is 20.5 Å². The molecule has 0 bridgehead atoms. The van der Waals surface area contributed by atoms with Crippen molar-refractivity contribution in [2.45, 2.75) is 32.0 Å². The van der Waals surface area contributed by atoms with Crippen LogP contribution in [0.2, 0.25) is 0 Å². The highest BCUT2D eigenvalue weighted by molar-refractivity contribution is 5.93. The van der Waals surface area contributed by atoms with E-state index in [4.69, 9.17) is 24.7 Å². The first kappa shape index (κ1) is 28.1. The smallest absolute Gasteiger partial charge is 0.416 e. The van der Waals surface area contributed by atoms with Gasteiger partial charge in [-0.15, -0.1) is 0 Å². The number of alkyl halides is 3. The van der Waals surface area contributed by atoms with E-state index in [1.807, 2.05) is 0 Å². The monoisotopic (exact) mass is 542 g/mol. The minimum Gasteiger partial charge on any atom is -0.481 e. The lowest BCUT2D eigenvalue weighted by molar-refractivity contribution is -0.149. The Morgan fingerprint density at radius 1 is 1.08 bits per heavy atom. The summed E-state index contributed by atoms with van der Waals surface area (Å²) in [7, 11) is 0. The van der Waals surface area contributed by atoms with Gasteiger partial charge in [-0.25, -0.2) is 13.8 Å². The molecule has 3 N–H and O–H groups in total. The number of primary amides is 1. The Bertz CT molecular complexity index is 1350. The van der Waals surface area contributed by atoms with Crippen LogP contribution in [0.5, 0.6) is 5.75 Å². The molecule has 14 heteroatoms. The number of hydrogen-bond donors (Lipinski definition) is 2. The Kier molecular flexibility index (Phi) is 8.33. The average Bonchev–Trinajstić information content (AvgIpc) is 3.22. The fourth-order valence-electron chi connectivity index (χ4n) is 3.25. The molecule has 0 aliphatic carbocycles. The summed E-state index contributed by atoms with van der Waals surface area (Å²) in [5.74, 6) is -7.22. The second-order valence-electron chi connectivity index (χ2n) is 7.81. The Hall–Kier alpha value is -4.49. The number of carbonyl (C=O) groups is 3. The van der Waals surface area contributed by atoms with Crippen molar-refractivity contribution in [3.8, 4) is 17.0 Å². The Balaban J connectivity index is 1.95. The predicted octanol–water partition coefficient (Wildman–Crippen LogP) is 4.57. The maximum absolute atomic E-state index is 14.8. The maximum Gasteiger partial charge on any atom is 0.416 e. The Labute approximate surface area is 211 Å². The summed E-state index contributed by atoms with van der Waals surface area (Å²) in [4.78, 5) is 38.2. The first-order valence-electron chi connectivity index (χ1n) is 10.7. The molecule has 38 heavy (non-hydrogen) atoms. The molecule has 1 amide bonds. The minimum absolute atomic E-state index is 0.0944. The molecule has 1 atom stereocenters. The van der Waals surface area contributed by atoms with Gasteiger partial charge in [-0.2, -0.15) is 13.2 Å². The van der Waals surface area contributed by atoms with Gasteiger partial charge >= 0.3 is 18.1 Å². The SMILES string of the molecule is Cc1oc([C@@H](COC(=O)CCC(=O)O)Oc2ccc(F)c(C(N)=O)c2F)nc1-c1ccc(C(F)(F)F)cc1. The van der Waals surface area contributed by atoms with Gasteiger partial charge in [-0.05, 0) is 31.2 Å². The molecule has 9 nitrogen and oxygen atoms in total. The van der Waals surface area contributed by atoms with E-state index in [-0.39, 0.29) is 22.9 Å². The van der Waals surface area contributed by atoms with E-state index in [9.17, 15) is 36.3 Å². The average molecular weight is 542 g/mol. The normalized spacial score (nSPS) is 12.2. The lowest BCUT2D eigenvalue weighted by Gasteiger charge is -2.17. The summed E-state index contributed by atoms with van der Waals surface area (Å²) in [6, 6.07) is 5.52. The molecule has 0 spiro atoms. The van der Waals surface area contributed by atoms with Gasteiger partial charge in [0.15, 0.2) is 11.6 Å². The van der Waals surface area contributed by atoms with Crippen molar-refractivity contribution in [3.05, 3.63) is 70.8 Å². The van der Waals surface area contributed by atoms with Gasteiger partial charge in [0.05, 0.1) is 18.4 Å². The van der Waals surface area contributed by atoms with Crippen molar-refractivity contribution in [1.82, 2.24) is 4.98 Å². The number of aryl methyl sites for hydroxylation is 1. The molecule has 0 unspecified atom stereocenters. The second kappa shape index (κ2) is 11.3. The number of rotatable bonds is 10. The van der Waals surface area contributed by atoms with E-state index in [1.165, 1.54) is 6.92 Å². The summed E-state index contributed by atoms with van der Waals surface area (Å²) in [5.41, 5.74) is 3.35. The predicted molar refractivity (Wildman–Crippen MR) is 118 cm³/mol. The first-order valence-corrected chi connectivity index (χ1v) is 10.7. The molecule has 3 aromatic rings. The van der Waals surface area contributed by atoms with Gasteiger partial charge in [0, 0.05) is 5.56 Å². The van der Waals surface area contributed by atoms with Crippen molar-refractivity contribution in [3.63, 3.8) is 0 Å². The van der Waals surface area contributed by atoms with Gasteiger partial charge in [0.2, 0.25) is 12.0 Å². The summed E-state index contributed by atoms with van der Waals surface area (Å²) < 4.78 is 83.3. The van der Waals surface area contributed by atoms with Crippen molar-refractivity contribution < 1.29 is 55.3 Å². The van der Waals surface area contributed by atoms with E-state index in [2.05, 4.69) is 4.98 Å². The number of nitrogens with two attached hydrogens (primary N) is 1. The van der Waals surface area contributed by atoms with E-state index in [0.29, 0.717) is 6.07 Å². The number of carbonyl (C=O) groups excluding carboxylic acids is 2. The first-order chi connectivity index (χ1) is 17.8. The van der Waals surface area contributed by atoms with Crippen molar-refractivity contribution in [2.24, 2.45) is 5.73 Å². The summed E-state index contributed by atoms with van der Waals surface area (Å²) in [5, 5.41) is 8.71. The van der Waals surface area contributed by atoms with Gasteiger partial charge in [-0.3, -0.25) is 14.4 Å². The minimum atomic E-state index is -4.56. The van der Waals surface area contributed by atoms with E-state index in [0.717, 1.165) is 30.3 Å². The third-order valence-corrected chi connectivity index (χ3v) is 5.08. The number of amides is 1. The number of esters is 1. The molecule has 3 rings (SSSR count). The molecule has 1 heterocycles. The highest BCUT2D eigenvalue weighted by atomic mass is 19.4. The number of nitrogens with zero attached hydrogens (tertiary/aromatic N) is 1. The molecular weight excluding hydrogens is 523 g/mol. The van der Waals surface area contributed by atoms with E-state index < -0.39 is 78.1 Å². The lowest BCUT2D eigenvalue weighted by atomic mass is 10.1. The molecule has 0 radical (unpaired) electrons. The van der Waals surface area contributed by atoms with Crippen LogP contribution in [0.4, 0.5) is 22.0 Å². The molecule has 0 fully saturated rings. The molecule has 0 aliphatic heterocycles. The number of hydrogen-bond acceptors (Lipinski definition) is 7. The number of carboxylic acids is 1. The zero-order valence-electron chi connectivity index (χ0n) is 19.5. The van der Waals surface area contributed by atoms with Crippen LogP contribution < -0.4 is 10.5 Å². The third kappa shape index (κ3) is 6.63. The summed E-state index contributed by atoms with van der Waals surface area (Å²) in [6.07, 6.45) is -7.10. The van der Waals surface area contributed by atoms with Crippen LogP contribution in [0, 0.1) is 18.6 Å². The molecule has 1 aromatic heterocycles.